The molecule has 8 nitrogen and oxygen atoms in total. The maximum absolute atomic E-state index is 12.2. The van der Waals surface area contributed by atoms with Gasteiger partial charge in [-0.25, -0.2) is 0 Å². The molecule has 26 heavy (non-hydrogen) atoms. The first-order chi connectivity index (χ1) is 12.6. The van der Waals surface area contributed by atoms with Crippen LogP contribution in [-0.4, -0.2) is 60.4 Å². The summed E-state index contributed by atoms with van der Waals surface area (Å²) >= 11 is 0. The van der Waals surface area contributed by atoms with Crippen molar-refractivity contribution in [3.63, 3.8) is 0 Å². The standard InChI is InChI=1S/C18H22N4O4/c1-2-7-19-16(23)6-5-13-10-20-17(24)14-9-12(11-22(13)14)21-18(25)15-4-3-8-26-15/h1,3-4,8,12-14H,5-7,9-11H2,(H,19,23)(H,20,24)(H,21,25). The highest BCUT2D eigenvalue weighted by Crippen LogP contribution is 2.26. The van der Waals surface area contributed by atoms with Gasteiger partial charge in [-0.2, -0.15) is 0 Å². The molecule has 2 aliphatic heterocycles. The Morgan fingerprint density at radius 3 is 3.04 bits per heavy atom. The van der Waals surface area contributed by atoms with E-state index in [0.717, 1.165) is 0 Å². The van der Waals surface area contributed by atoms with E-state index in [4.69, 9.17) is 10.8 Å². The van der Waals surface area contributed by atoms with Crippen LogP contribution >= 0.6 is 0 Å². The summed E-state index contributed by atoms with van der Waals surface area (Å²) in [6.07, 6.45) is 8.07. The number of terminal acetylenes is 1. The van der Waals surface area contributed by atoms with E-state index in [9.17, 15) is 14.4 Å². The Labute approximate surface area is 151 Å². The van der Waals surface area contributed by atoms with Crippen LogP contribution in [0.5, 0.6) is 0 Å². The van der Waals surface area contributed by atoms with E-state index in [2.05, 4.69) is 26.8 Å². The summed E-state index contributed by atoms with van der Waals surface area (Å²) in [6, 6.07) is 2.88. The molecule has 138 valence electrons. The third-order valence-corrected chi connectivity index (χ3v) is 4.80. The van der Waals surface area contributed by atoms with E-state index < -0.39 is 0 Å². The monoisotopic (exact) mass is 358 g/mol. The summed E-state index contributed by atoms with van der Waals surface area (Å²) in [7, 11) is 0. The van der Waals surface area contributed by atoms with Crippen LogP contribution in [0.15, 0.2) is 22.8 Å². The van der Waals surface area contributed by atoms with E-state index in [1.54, 1.807) is 12.1 Å². The largest absolute Gasteiger partial charge is 0.459 e. The summed E-state index contributed by atoms with van der Waals surface area (Å²) in [5.41, 5.74) is 0. The first kappa shape index (κ1) is 18.0. The highest BCUT2D eigenvalue weighted by atomic mass is 16.3. The third-order valence-electron chi connectivity index (χ3n) is 4.80. The molecule has 3 atom stereocenters. The Balaban J connectivity index is 1.56. The van der Waals surface area contributed by atoms with Crippen LogP contribution in [0, 0.1) is 12.3 Å². The van der Waals surface area contributed by atoms with Crippen LogP contribution in [0.1, 0.15) is 29.8 Å². The minimum Gasteiger partial charge on any atom is -0.459 e. The van der Waals surface area contributed by atoms with Gasteiger partial charge < -0.3 is 20.4 Å². The number of hydrogen-bond donors (Lipinski definition) is 3. The van der Waals surface area contributed by atoms with Crippen molar-refractivity contribution in [2.75, 3.05) is 19.6 Å². The highest BCUT2D eigenvalue weighted by molar-refractivity contribution is 5.91. The van der Waals surface area contributed by atoms with Crippen molar-refractivity contribution >= 4 is 17.7 Å². The van der Waals surface area contributed by atoms with E-state index in [1.165, 1.54) is 6.26 Å². The number of carbonyl (C=O) groups is 3. The van der Waals surface area contributed by atoms with Crippen molar-refractivity contribution in [1.82, 2.24) is 20.9 Å². The molecule has 0 bridgehead atoms. The van der Waals surface area contributed by atoms with Crippen molar-refractivity contribution < 1.29 is 18.8 Å². The molecular weight excluding hydrogens is 336 g/mol. The molecule has 1 aromatic rings. The highest BCUT2D eigenvalue weighted by Gasteiger charge is 2.43. The van der Waals surface area contributed by atoms with Crippen molar-refractivity contribution in [2.24, 2.45) is 0 Å². The molecule has 1 aromatic heterocycles. The number of hydrogen-bond acceptors (Lipinski definition) is 5. The number of carbonyl (C=O) groups excluding carboxylic acids is 3. The molecule has 0 radical (unpaired) electrons. The van der Waals surface area contributed by atoms with Gasteiger partial charge in [-0.05, 0) is 25.0 Å². The normalized spacial score (nSPS) is 25.0. The van der Waals surface area contributed by atoms with Gasteiger partial charge in [0.05, 0.1) is 18.8 Å². The fraction of sp³-hybridized carbons (Fsp3) is 0.500. The number of rotatable bonds is 6. The maximum Gasteiger partial charge on any atom is 0.287 e. The molecule has 0 saturated carbocycles. The number of amides is 3. The first-order valence-electron chi connectivity index (χ1n) is 8.66. The first-order valence-corrected chi connectivity index (χ1v) is 8.66. The lowest BCUT2D eigenvalue weighted by molar-refractivity contribution is -0.129. The fourth-order valence-electron chi connectivity index (χ4n) is 3.55. The van der Waals surface area contributed by atoms with Gasteiger partial charge in [-0.15, -0.1) is 6.42 Å². The Morgan fingerprint density at radius 1 is 1.46 bits per heavy atom. The molecule has 3 unspecified atom stereocenters. The molecule has 2 saturated heterocycles. The predicted octanol–water partition coefficient (Wildman–Crippen LogP) is -0.520. The molecule has 8 heteroatoms. The number of furan rings is 1. The van der Waals surface area contributed by atoms with Gasteiger partial charge in [0.15, 0.2) is 5.76 Å². The van der Waals surface area contributed by atoms with Gasteiger partial charge >= 0.3 is 0 Å². The lowest BCUT2D eigenvalue weighted by Gasteiger charge is -2.37. The second-order valence-corrected chi connectivity index (χ2v) is 6.51. The van der Waals surface area contributed by atoms with Crippen LogP contribution in [-0.2, 0) is 9.59 Å². The summed E-state index contributed by atoms with van der Waals surface area (Å²) < 4.78 is 5.10. The van der Waals surface area contributed by atoms with Crippen LogP contribution in [0.2, 0.25) is 0 Å². The van der Waals surface area contributed by atoms with E-state index in [0.29, 0.717) is 32.4 Å². The zero-order chi connectivity index (χ0) is 18.5. The topological polar surface area (TPSA) is 104 Å². The molecule has 3 amide bonds. The van der Waals surface area contributed by atoms with Gasteiger partial charge in [0.1, 0.15) is 0 Å². The summed E-state index contributed by atoms with van der Waals surface area (Å²) in [4.78, 5) is 38.2. The Hall–Kier alpha value is -2.79. The molecular formula is C18H22N4O4. The molecule has 3 rings (SSSR count). The molecule has 3 heterocycles. The summed E-state index contributed by atoms with van der Waals surface area (Å²) in [5.74, 6) is 2.20. The maximum atomic E-state index is 12.2. The average molecular weight is 358 g/mol. The van der Waals surface area contributed by atoms with Gasteiger partial charge in [0.2, 0.25) is 11.8 Å². The zero-order valence-corrected chi connectivity index (χ0v) is 14.4. The van der Waals surface area contributed by atoms with Crippen LogP contribution in [0.4, 0.5) is 0 Å². The molecule has 3 N–H and O–H groups in total. The summed E-state index contributed by atoms with van der Waals surface area (Å²) in [5, 5.41) is 8.45. The van der Waals surface area contributed by atoms with Gasteiger partial charge in [-0.1, -0.05) is 5.92 Å². The van der Waals surface area contributed by atoms with E-state index >= 15 is 0 Å². The van der Waals surface area contributed by atoms with E-state index in [1.807, 2.05) is 0 Å². The summed E-state index contributed by atoms with van der Waals surface area (Å²) in [6.45, 7) is 1.28. The van der Waals surface area contributed by atoms with Crippen LogP contribution in [0.25, 0.3) is 0 Å². The minimum absolute atomic E-state index is 0.0345. The fourth-order valence-corrected chi connectivity index (χ4v) is 3.55. The molecule has 2 aliphatic rings. The number of piperazine rings is 1. The van der Waals surface area contributed by atoms with Crippen LogP contribution in [0.3, 0.4) is 0 Å². The zero-order valence-electron chi connectivity index (χ0n) is 14.4. The lowest BCUT2D eigenvalue weighted by Crippen LogP contribution is -2.58. The molecule has 2 fully saturated rings. The quantitative estimate of drug-likeness (QED) is 0.594. The van der Waals surface area contributed by atoms with Gasteiger partial charge in [-0.3, -0.25) is 19.3 Å². The van der Waals surface area contributed by atoms with Crippen molar-refractivity contribution in [3.05, 3.63) is 24.2 Å². The minimum atomic E-state index is -0.288. The molecule has 0 aromatic carbocycles. The smallest absolute Gasteiger partial charge is 0.287 e. The van der Waals surface area contributed by atoms with Crippen LogP contribution < -0.4 is 16.0 Å². The molecule has 0 aliphatic carbocycles. The Kier molecular flexibility index (Phi) is 5.58. The second-order valence-electron chi connectivity index (χ2n) is 6.51. The Morgan fingerprint density at radius 2 is 2.31 bits per heavy atom. The second kappa shape index (κ2) is 8.06. The lowest BCUT2D eigenvalue weighted by atomic mass is 10.0. The third kappa shape index (κ3) is 4.06. The van der Waals surface area contributed by atoms with Crippen molar-refractivity contribution in [1.29, 1.82) is 0 Å². The predicted molar refractivity (Wildman–Crippen MR) is 92.9 cm³/mol. The van der Waals surface area contributed by atoms with Gasteiger partial charge in [0.25, 0.3) is 5.91 Å². The molecule has 0 spiro atoms. The van der Waals surface area contributed by atoms with Crippen molar-refractivity contribution in [3.8, 4) is 12.3 Å². The number of nitrogens with zero attached hydrogens (tertiary/aromatic N) is 1. The SMILES string of the molecule is C#CCNC(=O)CCC1CNC(=O)C2CC(NC(=O)c3ccco3)CN12. The number of nitrogens with one attached hydrogen (secondary N) is 3. The Bertz CT molecular complexity index is 709. The average Bonchev–Trinajstić information content (AvgIpc) is 3.29. The number of fused-ring (bicyclic) bond motifs is 1. The van der Waals surface area contributed by atoms with E-state index in [-0.39, 0.29) is 48.2 Å². The van der Waals surface area contributed by atoms with Crippen molar-refractivity contribution in [2.45, 2.75) is 37.4 Å². The van der Waals surface area contributed by atoms with Gasteiger partial charge in [0, 0.05) is 31.6 Å².